The van der Waals surface area contributed by atoms with Gasteiger partial charge in [0.1, 0.15) is 5.78 Å². The molecule has 4 aliphatic carbocycles. The molecular weight excluding hydrogens is 415 g/mol. The minimum Gasteiger partial charge on any atom is -0.301 e. The number of rotatable bonds is 3. The standard InChI is InChI=1S/C25H30Cl2N2O/c1-24-12-10-16(28-29-21-5-3-4-20(26)23(21)27)14-15(24)6-7-17-18-8-9-22(30)25(18,2)13-11-19(17)24/h3-5,10,14,17-19,28-29H,6-9,11-13H2,1-2H3. The average Bonchev–Trinajstić information content (AvgIpc) is 3.04. The molecule has 0 bridgehead atoms. The van der Waals surface area contributed by atoms with Gasteiger partial charge in [0.05, 0.1) is 15.7 Å². The highest BCUT2D eigenvalue weighted by Crippen LogP contribution is 2.64. The van der Waals surface area contributed by atoms with Gasteiger partial charge in [0, 0.05) is 17.5 Å². The quantitative estimate of drug-likeness (QED) is 0.496. The lowest BCUT2D eigenvalue weighted by atomic mass is 9.48. The Kier molecular flexibility index (Phi) is 4.98. The molecule has 3 fully saturated rings. The summed E-state index contributed by atoms with van der Waals surface area (Å²) >= 11 is 12.4. The van der Waals surface area contributed by atoms with Crippen molar-refractivity contribution in [1.82, 2.24) is 5.43 Å². The number of anilines is 1. The van der Waals surface area contributed by atoms with E-state index in [2.05, 4.69) is 36.9 Å². The van der Waals surface area contributed by atoms with Gasteiger partial charge in [0.2, 0.25) is 0 Å². The highest BCUT2D eigenvalue weighted by molar-refractivity contribution is 6.43. The third kappa shape index (κ3) is 3.04. The van der Waals surface area contributed by atoms with E-state index in [-0.39, 0.29) is 10.8 Å². The van der Waals surface area contributed by atoms with Gasteiger partial charge in [-0.2, -0.15) is 0 Å². The summed E-state index contributed by atoms with van der Waals surface area (Å²) in [6, 6.07) is 5.58. The molecule has 3 saturated carbocycles. The first-order chi connectivity index (χ1) is 14.3. The van der Waals surface area contributed by atoms with Crippen LogP contribution < -0.4 is 10.9 Å². The zero-order chi connectivity index (χ0) is 21.1. The molecular formula is C25H30Cl2N2O. The molecule has 160 valence electrons. The van der Waals surface area contributed by atoms with E-state index in [1.807, 2.05) is 12.1 Å². The summed E-state index contributed by atoms with van der Waals surface area (Å²) in [6.45, 7) is 4.72. The number of hydrazine groups is 1. The maximum Gasteiger partial charge on any atom is 0.139 e. The lowest BCUT2D eigenvalue weighted by Crippen LogP contribution is -2.50. The Balaban J connectivity index is 1.32. The highest BCUT2D eigenvalue weighted by Gasteiger charge is 2.58. The molecule has 3 nitrogen and oxygen atoms in total. The van der Waals surface area contributed by atoms with Gasteiger partial charge in [-0.05, 0) is 79.9 Å². The second-order valence-electron chi connectivity index (χ2n) is 10.1. The Bertz CT molecular complexity index is 954. The minimum atomic E-state index is -0.0455. The minimum absolute atomic E-state index is 0.0455. The van der Waals surface area contributed by atoms with Crippen LogP contribution in [0.4, 0.5) is 5.69 Å². The summed E-state index contributed by atoms with van der Waals surface area (Å²) in [6.07, 6.45) is 12.2. The van der Waals surface area contributed by atoms with Crippen molar-refractivity contribution in [1.29, 1.82) is 0 Å². The zero-order valence-corrected chi connectivity index (χ0v) is 19.2. The van der Waals surface area contributed by atoms with E-state index in [0.29, 0.717) is 33.6 Å². The third-order valence-corrected chi connectivity index (χ3v) is 9.63. The normalized spacial score (nSPS) is 37.5. The van der Waals surface area contributed by atoms with E-state index in [4.69, 9.17) is 23.2 Å². The number of carbonyl (C=O) groups is 1. The zero-order valence-electron chi connectivity index (χ0n) is 17.7. The number of Topliss-reactive ketones (excluding diaryl/α,β-unsaturated/α-hetero) is 1. The molecule has 4 aliphatic rings. The van der Waals surface area contributed by atoms with E-state index in [1.54, 1.807) is 11.6 Å². The van der Waals surface area contributed by atoms with Gasteiger partial charge in [-0.3, -0.25) is 10.2 Å². The Labute approximate surface area is 189 Å². The number of fused-ring (bicyclic) bond motifs is 5. The second kappa shape index (κ2) is 7.31. The first kappa shape index (κ1) is 20.5. The maximum atomic E-state index is 12.6. The Morgan fingerprint density at radius 2 is 1.80 bits per heavy atom. The summed E-state index contributed by atoms with van der Waals surface area (Å²) in [5.74, 6) is 2.51. The molecule has 0 aromatic heterocycles. The van der Waals surface area contributed by atoms with Gasteiger partial charge in [0.25, 0.3) is 0 Å². The van der Waals surface area contributed by atoms with Crippen molar-refractivity contribution in [3.8, 4) is 0 Å². The number of nitrogens with one attached hydrogen (secondary N) is 2. The van der Waals surface area contributed by atoms with Crippen LogP contribution in [0.15, 0.2) is 41.6 Å². The average molecular weight is 445 g/mol. The van der Waals surface area contributed by atoms with Gasteiger partial charge >= 0.3 is 0 Å². The Morgan fingerprint density at radius 1 is 1.00 bits per heavy atom. The largest absolute Gasteiger partial charge is 0.301 e. The summed E-state index contributed by atoms with van der Waals surface area (Å²) < 4.78 is 0. The van der Waals surface area contributed by atoms with Crippen LogP contribution in [0.1, 0.15) is 58.8 Å². The fraction of sp³-hybridized carbons (Fsp3) is 0.560. The number of carbonyl (C=O) groups excluding carboxylic acids is 1. The molecule has 0 amide bonds. The van der Waals surface area contributed by atoms with Crippen LogP contribution in [0.2, 0.25) is 10.0 Å². The van der Waals surface area contributed by atoms with Crippen molar-refractivity contribution in [2.24, 2.45) is 28.6 Å². The van der Waals surface area contributed by atoms with Crippen molar-refractivity contribution < 1.29 is 4.79 Å². The molecule has 0 heterocycles. The molecule has 5 rings (SSSR count). The van der Waals surface area contributed by atoms with E-state index in [9.17, 15) is 4.79 Å². The van der Waals surface area contributed by atoms with Crippen molar-refractivity contribution >= 4 is 34.7 Å². The molecule has 0 saturated heterocycles. The van der Waals surface area contributed by atoms with Crippen LogP contribution in [0.25, 0.3) is 0 Å². The van der Waals surface area contributed by atoms with E-state index < -0.39 is 0 Å². The second-order valence-corrected chi connectivity index (χ2v) is 10.9. The molecule has 5 unspecified atom stereocenters. The molecule has 1 aromatic carbocycles. The number of allylic oxidation sites excluding steroid dienone is 3. The summed E-state index contributed by atoms with van der Waals surface area (Å²) in [7, 11) is 0. The van der Waals surface area contributed by atoms with E-state index in [1.165, 1.54) is 12.8 Å². The number of benzene rings is 1. The van der Waals surface area contributed by atoms with Crippen molar-refractivity contribution in [3.05, 3.63) is 51.7 Å². The van der Waals surface area contributed by atoms with Crippen LogP contribution >= 0.6 is 23.2 Å². The molecule has 5 heteroatoms. The van der Waals surface area contributed by atoms with Crippen LogP contribution in [-0.4, -0.2) is 5.78 Å². The fourth-order valence-corrected chi connectivity index (χ4v) is 7.36. The molecule has 0 aliphatic heterocycles. The molecule has 0 radical (unpaired) electrons. The molecule has 5 atom stereocenters. The Morgan fingerprint density at radius 3 is 2.63 bits per heavy atom. The summed E-state index contributed by atoms with van der Waals surface area (Å²) in [4.78, 5) is 12.6. The predicted octanol–water partition coefficient (Wildman–Crippen LogP) is 6.94. The molecule has 30 heavy (non-hydrogen) atoms. The highest BCUT2D eigenvalue weighted by atomic mass is 35.5. The van der Waals surface area contributed by atoms with E-state index >= 15 is 0 Å². The third-order valence-electron chi connectivity index (χ3n) is 8.81. The Hall–Kier alpha value is -1.45. The SMILES string of the molecule is CC12CCC3C(CCC4=CC(NNc5cccc(Cl)c5Cl)=CCC43C)C1CCC2=O. The number of hydrogen-bond donors (Lipinski definition) is 2. The number of ketones is 1. The van der Waals surface area contributed by atoms with Crippen LogP contribution in [-0.2, 0) is 4.79 Å². The first-order valence-corrected chi connectivity index (χ1v) is 12.0. The van der Waals surface area contributed by atoms with Crippen LogP contribution in [0, 0.1) is 28.6 Å². The topological polar surface area (TPSA) is 41.1 Å². The lowest BCUT2D eigenvalue weighted by Gasteiger charge is -2.56. The van der Waals surface area contributed by atoms with Crippen molar-refractivity contribution in [3.63, 3.8) is 0 Å². The lowest BCUT2D eigenvalue weighted by molar-refractivity contribution is -0.132. The first-order valence-electron chi connectivity index (χ1n) is 11.2. The van der Waals surface area contributed by atoms with Crippen LogP contribution in [0.3, 0.4) is 0 Å². The molecule has 2 N–H and O–H groups in total. The summed E-state index contributed by atoms with van der Waals surface area (Å²) in [5, 5.41) is 1.07. The number of hydrogen-bond acceptors (Lipinski definition) is 3. The van der Waals surface area contributed by atoms with Crippen molar-refractivity contribution in [2.75, 3.05) is 5.43 Å². The smallest absolute Gasteiger partial charge is 0.139 e. The number of halogens is 2. The predicted molar refractivity (Wildman–Crippen MR) is 123 cm³/mol. The van der Waals surface area contributed by atoms with Gasteiger partial charge in [0.15, 0.2) is 0 Å². The fourth-order valence-electron chi connectivity index (χ4n) is 7.01. The maximum absolute atomic E-state index is 12.6. The van der Waals surface area contributed by atoms with Gasteiger partial charge in [-0.15, -0.1) is 0 Å². The van der Waals surface area contributed by atoms with Crippen LogP contribution in [0.5, 0.6) is 0 Å². The van der Waals surface area contributed by atoms with Gasteiger partial charge in [-0.25, -0.2) is 0 Å². The van der Waals surface area contributed by atoms with E-state index in [0.717, 1.165) is 43.5 Å². The molecule has 1 aromatic rings. The van der Waals surface area contributed by atoms with Crippen molar-refractivity contribution in [2.45, 2.75) is 58.8 Å². The summed E-state index contributed by atoms with van der Waals surface area (Å²) in [5.41, 5.74) is 10.1. The van der Waals surface area contributed by atoms with Gasteiger partial charge < -0.3 is 5.43 Å². The molecule has 0 spiro atoms. The van der Waals surface area contributed by atoms with Gasteiger partial charge in [-0.1, -0.05) is 54.8 Å². The monoisotopic (exact) mass is 444 g/mol.